The molecule has 3 aromatic rings. The number of nitrogens with zero attached hydrogens (tertiary/aromatic N) is 1. The van der Waals surface area contributed by atoms with Crippen molar-refractivity contribution in [3.05, 3.63) is 117 Å². The number of aryl methyl sites for hydroxylation is 3. The number of esters is 2. The summed E-state index contributed by atoms with van der Waals surface area (Å²) in [6, 6.07) is 12.3. The van der Waals surface area contributed by atoms with Gasteiger partial charge in [-0.3, -0.25) is 0 Å². The smallest absolute Gasteiger partial charge is 0.337 e. The summed E-state index contributed by atoms with van der Waals surface area (Å²) >= 11 is 0. The van der Waals surface area contributed by atoms with Crippen LogP contribution < -0.4 is 5.32 Å². The van der Waals surface area contributed by atoms with Crippen LogP contribution in [0.3, 0.4) is 0 Å². The Labute approximate surface area is 229 Å². The number of carbonyl (C=O) groups excluding carboxylic acids is 2. The van der Waals surface area contributed by atoms with Crippen LogP contribution in [0.15, 0.2) is 77.4 Å². The zero-order valence-corrected chi connectivity index (χ0v) is 23.3. The lowest BCUT2D eigenvalue weighted by Gasteiger charge is -2.32. The molecule has 0 saturated heterocycles. The average molecular weight is 526 g/mol. The van der Waals surface area contributed by atoms with Crippen LogP contribution in [0, 0.1) is 20.8 Å². The zero-order chi connectivity index (χ0) is 28.1. The normalized spacial score (nSPS) is 15.5. The first-order valence-corrected chi connectivity index (χ1v) is 12.9. The van der Waals surface area contributed by atoms with Gasteiger partial charge in [-0.05, 0) is 68.5 Å². The van der Waals surface area contributed by atoms with E-state index in [0.717, 1.165) is 45.6 Å². The molecule has 4 rings (SSSR count). The molecule has 0 aliphatic carbocycles. The van der Waals surface area contributed by atoms with Crippen LogP contribution in [-0.4, -0.2) is 35.6 Å². The number of nitrogens with one attached hydrogen (secondary N) is 2. The highest BCUT2D eigenvalue weighted by Gasteiger charge is 2.39. The van der Waals surface area contributed by atoms with Gasteiger partial charge in [-0.15, -0.1) is 0 Å². The molecule has 39 heavy (non-hydrogen) atoms. The maximum atomic E-state index is 13.5. The van der Waals surface area contributed by atoms with Gasteiger partial charge in [-0.1, -0.05) is 48.0 Å². The van der Waals surface area contributed by atoms with E-state index in [1.165, 1.54) is 7.11 Å². The number of hydrogen-bond acceptors (Lipinski definition) is 6. The molecular weight excluding hydrogens is 490 g/mol. The van der Waals surface area contributed by atoms with Gasteiger partial charge in [-0.25, -0.2) is 14.6 Å². The number of aromatic nitrogens is 2. The van der Waals surface area contributed by atoms with Crippen molar-refractivity contribution in [1.29, 1.82) is 0 Å². The Balaban J connectivity index is 1.53. The molecule has 202 valence electrons. The summed E-state index contributed by atoms with van der Waals surface area (Å²) in [7, 11) is 1.35. The Morgan fingerprint density at radius 3 is 2.18 bits per heavy atom. The van der Waals surface area contributed by atoms with Gasteiger partial charge < -0.3 is 19.8 Å². The second-order valence-corrected chi connectivity index (χ2v) is 9.89. The molecule has 1 aromatic heterocycles. The van der Waals surface area contributed by atoms with Gasteiger partial charge in [0.25, 0.3) is 0 Å². The van der Waals surface area contributed by atoms with E-state index in [1.54, 1.807) is 6.20 Å². The number of ether oxygens (including phenoxy) is 2. The van der Waals surface area contributed by atoms with Crippen molar-refractivity contribution >= 4 is 18.0 Å². The van der Waals surface area contributed by atoms with Crippen molar-refractivity contribution in [3.63, 3.8) is 0 Å². The molecule has 0 fully saturated rings. The molecule has 1 aliphatic rings. The van der Waals surface area contributed by atoms with Crippen LogP contribution in [-0.2, 0) is 25.5 Å². The Kier molecular flexibility index (Phi) is 8.49. The van der Waals surface area contributed by atoms with Crippen molar-refractivity contribution in [3.8, 4) is 0 Å². The number of allylic oxidation sites excluding steroid dienone is 2. The van der Waals surface area contributed by atoms with Gasteiger partial charge in [0.1, 0.15) is 12.4 Å². The summed E-state index contributed by atoms with van der Waals surface area (Å²) in [5, 5.41) is 3.20. The quantitative estimate of drug-likeness (QED) is 0.373. The van der Waals surface area contributed by atoms with E-state index >= 15 is 0 Å². The topological polar surface area (TPSA) is 93.3 Å². The summed E-state index contributed by atoms with van der Waals surface area (Å²) in [4.78, 5) is 33.8. The largest absolute Gasteiger partial charge is 0.466 e. The number of carbonyl (C=O) groups is 2. The monoisotopic (exact) mass is 525 g/mol. The number of methoxy groups -OCH3 is 1. The van der Waals surface area contributed by atoms with Crippen LogP contribution >= 0.6 is 0 Å². The molecule has 0 radical (unpaired) electrons. The Morgan fingerprint density at radius 1 is 0.949 bits per heavy atom. The lowest BCUT2D eigenvalue weighted by Crippen LogP contribution is -2.33. The third-order valence-corrected chi connectivity index (χ3v) is 6.94. The van der Waals surface area contributed by atoms with E-state index in [1.807, 2.05) is 65.1 Å². The van der Waals surface area contributed by atoms with Crippen molar-refractivity contribution < 1.29 is 19.1 Å². The first-order valence-electron chi connectivity index (χ1n) is 12.9. The third kappa shape index (κ3) is 6.20. The highest BCUT2D eigenvalue weighted by Crippen LogP contribution is 2.42. The summed E-state index contributed by atoms with van der Waals surface area (Å²) in [6.07, 6.45) is 8.02. The number of hydrogen-bond donors (Lipinski definition) is 2. The predicted molar refractivity (Wildman–Crippen MR) is 152 cm³/mol. The Bertz CT molecular complexity index is 1440. The lowest BCUT2D eigenvalue weighted by molar-refractivity contribution is -0.138. The second-order valence-electron chi connectivity index (χ2n) is 9.89. The summed E-state index contributed by atoms with van der Waals surface area (Å²) < 4.78 is 10.8. The van der Waals surface area contributed by atoms with Crippen molar-refractivity contribution in [2.24, 2.45) is 0 Å². The fourth-order valence-electron chi connectivity index (χ4n) is 5.30. The van der Waals surface area contributed by atoms with E-state index in [-0.39, 0.29) is 6.61 Å². The van der Waals surface area contributed by atoms with Gasteiger partial charge in [0, 0.05) is 30.2 Å². The molecule has 1 aliphatic heterocycles. The minimum Gasteiger partial charge on any atom is -0.466 e. The van der Waals surface area contributed by atoms with Crippen molar-refractivity contribution in [2.45, 2.75) is 47.0 Å². The maximum absolute atomic E-state index is 13.5. The highest BCUT2D eigenvalue weighted by molar-refractivity contribution is 6.00. The summed E-state index contributed by atoms with van der Waals surface area (Å²) in [6.45, 7) is 9.79. The van der Waals surface area contributed by atoms with Crippen molar-refractivity contribution in [1.82, 2.24) is 15.3 Å². The van der Waals surface area contributed by atoms with E-state index in [4.69, 9.17) is 9.47 Å². The fraction of sp³-hybridized carbons (Fsp3) is 0.281. The molecule has 2 aromatic carbocycles. The van der Waals surface area contributed by atoms with Gasteiger partial charge in [0.15, 0.2) is 0 Å². The van der Waals surface area contributed by atoms with Crippen LogP contribution in [0.4, 0.5) is 0 Å². The number of rotatable bonds is 8. The summed E-state index contributed by atoms with van der Waals surface area (Å²) in [5.41, 5.74) is 8.33. The van der Waals surface area contributed by atoms with E-state index in [0.29, 0.717) is 22.5 Å². The Morgan fingerprint density at radius 2 is 1.59 bits per heavy atom. The zero-order valence-electron chi connectivity index (χ0n) is 23.3. The minimum atomic E-state index is -0.600. The number of dihydropyridines is 1. The number of H-pyrrole nitrogens is 1. The van der Waals surface area contributed by atoms with Crippen LogP contribution in [0.25, 0.3) is 6.08 Å². The molecule has 2 heterocycles. The van der Waals surface area contributed by atoms with Gasteiger partial charge in [0.05, 0.1) is 24.2 Å². The number of aromatic amines is 1. The van der Waals surface area contributed by atoms with Crippen LogP contribution in [0.2, 0.25) is 0 Å². The van der Waals surface area contributed by atoms with Gasteiger partial charge in [0.2, 0.25) is 0 Å². The standard InChI is InChI=1S/C32H35N3O4/c1-19-16-20(2)27(21(3)17-19)30-28(31(36)38-6)22(4)35-23(5)29(30)32(37)39-15-7-8-24-9-11-25(12-10-24)18-26-33-13-14-34-26/h7-14,16-17,30,35H,15,18H2,1-6H3,(H,33,34). The first kappa shape index (κ1) is 27.6. The third-order valence-electron chi connectivity index (χ3n) is 6.94. The molecular formula is C32H35N3O4. The molecule has 0 bridgehead atoms. The number of imidazole rings is 1. The minimum absolute atomic E-state index is 0.0958. The maximum Gasteiger partial charge on any atom is 0.337 e. The number of benzene rings is 2. The molecule has 2 N–H and O–H groups in total. The van der Waals surface area contributed by atoms with E-state index < -0.39 is 17.9 Å². The molecule has 1 unspecified atom stereocenters. The second kappa shape index (κ2) is 12.0. The van der Waals surface area contributed by atoms with Crippen molar-refractivity contribution in [2.75, 3.05) is 13.7 Å². The SMILES string of the molecule is COC(=O)C1=C(C)NC(C)=C(C(=O)OCC=Cc2ccc(Cc3ncc[nH]3)cc2)C1c1c(C)cc(C)cc1C. The van der Waals surface area contributed by atoms with Crippen LogP contribution in [0.5, 0.6) is 0 Å². The fourth-order valence-corrected chi connectivity index (χ4v) is 5.30. The van der Waals surface area contributed by atoms with Gasteiger partial charge in [-0.2, -0.15) is 0 Å². The molecule has 7 heteroatoms. The Hall–Kier alpha value is -4.39. The van der Waals surface area contributed by atoms with E-state index in [9.17, 15) is 9.59 Å². The summed E-state index contributed by atoms with van der Waals surface area (Å²) in [5.74, 6) is -0.631. The lowest BCUT2D eigenvalue weighted by atomic mass is 9.76. The molecule has 0 amide bonds. The molecule has 0 spiro atoms. The average Bonchev–Trinajstić information content (AvgIpc) is 3.39. The first-order chi connectivity index (χ1) is 18.7. The van der Waals surface area contributed by atoms with E-state index in [2.05, 4.69) is 39.6 Å². The van der Waals surface area contributed by atoms with Gasteiger partial charge >= 0.3 is 11.9 Å². The van der Waals surface area contributed by atoms with Crippen LogP contribution in [0.1, 0.15) is 59.0 Å². The molecule has 0 saturated carbocycles. The highest BCUT2D eigenvalue weighted by atomic mass is 16.5. The molecule has 7 nitrogen and oxygen atoms in total. The predicted octanol–water partition coefficient (Wildman–Crippen LogP) is 5.59. The molecule has 1 atom stereocenters.